The van der Waals surface area contributed by atoms with Crippen molar-refractivity contribution >= 4 is 22.7 Å². The molecule has 0 bridgehead atoms. The van der Waals surface area contributed by atoms with Gasteiger partial charge in [0, 0.05) is 26.3 Å². The average Bonchev–Trinajstić information content (AvgIpc) is 3.54. The van der Waals surface area contributed by atoms with Gasteiger partial charge in [0.25, 0.3) is 0 Å². The molecule has 0 fully saturated rings. The van der Waals surface area contributed by atoms with E-state index < -0.39 is 0 Å². The first-order valence-corrected chi connectivity index (χ1v) is 19.2. The van der Waals surface area contributed by atoms with Crippen molar-refractivity contribution in [3.63, 3.8) is 0 Å². The van der Waals surface area contributed by atoms with E-state index in [1.165, 1.54) is 59.9 Å². The van der Waals surface area contributed by atoms with Crippen LogP contribution in [0.5, 0.6) is 0 Å². The Kier molecular flexibility index (Phi) is 7.05. The molecule has 11 rings (SSSR count). The van der Waals surface area contributed by atoms with Crippen LogP contribution in [0.25, 0.3) is 66.9 Å². The predicted molar refractivity (Wildman–Crippen MR) is 223 cm³/mol. The van der Waals surface area contributed by atoms with E-state index in [4.69, 9.17) is 9.97 Å². The number of hydrogen-bond donors (Lipinski definition) is 0. The van der Waals surface area contributed by atoms with Crippen LogP contribution in [0, 0.1) is 0 Å². The lowest BCUT2D eigenvalue weighted by Crippen LogP contribution is -2.31. The van der Waals surface area contributed by atoms with Gasteiger partial charge in [-0.3, -0.25) is 0 Å². The molecule has 1 aliphatic heterocycles. The molecule has 0 unspecified atom stereocenters. The van der Waals surface area contributed by atoms with Crippen molar-refractivity contribution in [2.75, 3.05) is 0 Å². The van der Waals surface area contributed by atoms with Gasteiger partial charge in [0.1, 0.15) is 0 Å². The molecule has 9 aromatic rings. The van der Waals surface area contributed by atoms with E-state index in [1.54, 1.807) is 0 Å². The monoisotopic (exact) mass is 704 g/mol. The first-order chi connectivity index (χ1) is 26.8. The van der Waals surface area contributed by atoms with Crippen molar-refractivity contribution in [1.82, 2.24) is 9.97 Å². The number of benzene rings is 8. The highest BCUT2D eigenvalue weighted by molar-refractivity contribution is 7.99. The van der Waals surface area contributed by atoms with E-state index in [2.05, 4.69) is 182 Å². The number of para-hydroxylation sites is 1. The average molecular weight is 705 g/mol. The van der Waals surface area contributed by atoms with Crippen LogP contribution in [-0.4, -0.2) is 9.97 Å². The fourth-order valence-corrected chi connectivity index (χ4v) is 9.92. The van der Waals surface area contributed by atoms with E-state index in [-0.39, 0.29) is 5.41 Å². The summed E-state index contributed by atoms with van der Waals surface area (Å²) < 4.78 is 0. The highest BCUT2D eigenvalue weighted by atomic mass is 32.2. The molecule has 1 spiro atoms. The van der Waals surface area contributed by atoms with Crippen molar-refractivity contribution in [3.05, 3.63) is 216 Å². The van der Waals surface area contributed by atoms with E-state index in [9.17, 15) is 0 Å². The van der Waals surface area contributed by atoms with Crippen molar-refractivity contribution in [2.45, 2.75) is 15.2 Å². The molecule has 0 amide bonds. The van der Waals surface area contributed by atoms with Crippen molar-refractivity contribution in [2.24, 2.45) is 0 Å². The zero-order chi connectivity index (χ0) is 35.6. The summed E-state index contributed by atoms with van der Waals surface area (Å²) in [5.74, 6) is 0.722. The third kappa shape index (κ3) is 4.68. The fourth-order valence-electron chi connectivity index (χ4n) is 8.73. The third-order valence-electron chi connectivity index (χ3n) is 11.2. The Bertz CT molecular complexity index is 2850. The molecule has 0 radical (unpaired) electrons. The molecule has 0 atom stereocenters. The Morgan fingerprint density at radius 3 is 1.61 bits per heavy atom. The second kappa shape index (κ2) is 12.3. The third-order valence-corrected chi connectivity index (χ3v) is 12.3. The molecule has 0 saturated carbocycles. The van der Waals surface area contributed by atoms with E-state index in [0.717, 1.165) is 39.1 Å². The summed E-state index contributed by atoms with van der Waals surface area (Å²) in [6, 6.07) is 70.2. The molecule has 2 aliphatic rings. The van der Waals surface area contributed by atoms with E-state index in [0.29, 0.717) is 0 Å². The van der Waals surface area contributed by atoms with Gasteiger partial charge in [0.2, 0.25) is 0 Å². The minimum Gasteiger partial charge on any atom is -0.228 e. The van der Waals surface area contributed by atoms with Gasteiger partial charge in [0.05, 0.1) is 16.6 Å². The maximum absolute atomic E-state index is 5.19. The maximum atomic E-state index is 5.19. The van der Waals surface area contributed by atoms with Gasteiger partial charge >= 0.3 is 0 Å². The summed E-state index contributed by atoms with van der Waals surface area (Å²) in [4.78, 5) is 12.9. The molecule has 1 aromatic heterocycles. The summed E-state index contributed by atoms with van der Waals surface area (Å²) in [6.07, 6.45) is 0. The van der Waals surface area contributed by atoms with Gasteiger partial charge in [-0.25, -0.2) is 9.97 Å². The number of aromatic nitrogens is 2. The van der Waals surface area contributed by atoms with Crippen molar-refractivity contribution < 1.29 is 0 Å². The smallest absolute Gasteiger partial charge is 0.160 e. The van der Waals surface area contributed by atoms with Crippen molar-refractivity contribution in [1.29, 1.82) is 0 Å². The van der Waals surface area contributed by atoms with E-state index >= 15 is 0 Å². The van der Waals surface area contributed by atoms with Gasteiger partial charge in [-0.05, 0) is 79.9 Å². The topological polar surface area (TPSA) is 25.8 Å². The van der Waals surface area contributed by atoms with Crippen molar-refractivity contribution in [3.8, 4) is 56.0 Å². The normalized spacial score (nSPS) is 13.3. The Labute approximate surface area is 318 Å². The summed E-state index contributed by atoms with van der Waals surface area (Å²) >= 11 is 1.88. The Morgan fingerprint density at radius 2 is 0.870 bits per heavy atom. The molecule has 2 heterocycles. The van der Waals surface area contributed by atoms with Crippen LogP contribution in [-0.2, 0) is 5.41 Å². The SMILES string of the molecule is c1ccc(-c2ccc(-c3nc(-c4ccc(-c5ccc6c(c5)-c5ccccc5C65c6ccccc6Sc6ccccc65)cc4)nc4ccccc34)cc2)cc1. The summed E-state index contributed by atoms with van der Waals surface area (Å²) in [6.45, 7) is 0. The molecule has 1 aliphatic carbocycles. The molecule has 8 aromatic carbocycles. The quantitative estimate of drug-likeness (QED) is 0.182. The second-order valence-corrected chi connectivity index (χ2v) is 15.2. The molecule has 54 heavy (non-hydrogen) atoms. The van der Waals surface area contributed by atoms with Crippen LogP contribution in [0.2, 0.25) is 0 Å². The second-order valence-electron chi connectivity index (χ2n) is 14.1. The predicted octanol–water partition coefficient (Wildman–Crippen LogP) is 13.1. The first kappa shape index (κ1) is 31.0. The lowest BCUT2D eigenvalue weighted by Gasteiger charge is -2.39. The number of nitrogens with zero attached hydrogens (tertiary/aromatic N) is 2. The van der Waals surface area contributed by atoms with Crippen LogP contribution in [0.3, 0.4) is 0 Å². The highest BCUT2D eigenvalue weighted by Gasteiger charge is 2.50. The van der Waals surface area contributed by atoms with Crippen LogP contribution in [0.4, 0.5) is 0 Å². The Hall–Kier alpha value is -6.55. The van der Waals surface area contributed by atoms with Gasteiger partial charge in [-0.2, -0.15) is 0 Å². The van der Waals surface area contributed by atoms with Crippen LogP contribution in [0.15, 0.2) is 204 Å². The molecule has 0 N–H and O–H groups in total. The van der Waals surface area contributed by atoms with Gasteiger partial charge in [-0.15, -0.1) is 0 Å². The molecular formula is C51H32N2S. The minimum absolute atomic E-state index is 0.361. The highest BCUT2D eigenvalue weighted by Crippen LogP contribution is 2.62. The van der Waals surface area contributed by atoms with Crippen LogP contribution < -0.4 is 0 Å². The lowest BCUT2D eigenvalue weighted by atomic mass is 9.67. The van der Waals surface area contributed by atoms with Gasteiger partial charge in [0.15, 0.2) is 5.82 Å². The number of fused-ring (bicyclic) bond motifs is 10. The molecule has 252 valence electrons. The Morgan fingerprint density at radius 1 is 0.352 bits per heavy atom. The molecule has 3 heteroatoms. The zero-order valence-electron chi connectivity index (χ0n) is 29.3. The van der Waals surface area contributed by atoms with Gasteiger partial charge in [-0.1, -0.05) is 182 Å². The first-order valence-electron chi connectivity index (χ1n) is 18.4. The minimum atomic E-state index is -0.361. The lowest BCUT2D eigenvalue weighted by molar-refractivity contribution is 0.722. The fraction of sp³-hybridized carbons (Fsp3) is 0.0196. The maximum Gasteiger partial charge on any atom is 0.160 e. The molecule has 0 saturated heterocycles. The standard InChI is InChI=1S/C51H32N2S/c1-2-12-33(13-3-1)34-22-26-36(27-23-34)49-40-15-5-9-19-46(40)52-50(53-49)37-28-24-35(25-29-37)38-30-31-43-41(32-38)39-14-4-6-16-42(39)51(43)44-17-7-10-20-47(44)54-48-21-11-8-18-45(48)51/h1-32H. The summed E-state index contributed by atoms with van der Waals surface area (Å²) in [5, 5.41) is 1.04. The van der Waals surface area contributed by atoms with Crippen LogP contribution in [0.1, 0.15) is 22.3 Å². The Balaban J connectivity index is 0.993. The summed E-state index contributed by atoms with van der Waals surface area (Å²) in [7, 11) is 0. The number of rotatable bonds is 4. The molecule has 2 nitrogen and oxygen atoms in total. The molecular weight excluding hydrogens is 673 g/mol. The van der Waals surface area contributed by atoms with Gasteiger partial charge < -0.3 is 0 Å². The van der Waals surface area contributed by atoms with Crippen LogP contribution >= 0.6 is 11.8 Å². The summed E-state index contributed by atoms with van der Waals surface area (Å²) in [5.41, 5.74) is 16.3. The van der Waals surface area contributed by atoms with E-state index in [1.807, 2.05) is 23.9 Å². The number of hydrogen-bond acceptors (Lipinski definition) is 3. The zero-order valence-corrected chi connectivity index (χ0v) is 30.1. The largest absolute Gasteiger partial charge is 0.228 e.